The van der Waals surface area contributed by atoms with Crippen LogP contribution in [0.3, 0.4) is 0 Å². The predicted octanol–water partition coefficient (Wildman–Crippen LogP) is 6.39. The lowest BCUT2D eigenvalue weighted by molar-refractivity contribution is -0.142. The van der Waals surface area contributed by atoms with Crippen molar-refractivity contribution in [3.63, 3.8) is 0 Å². The van der Waals surface area contributed by atoms with Crippen molar-refractivity contribution in [3.8, 4) is 17.2 Å². The van der Waals surface area contributed by atoms with Crippen LogP contribution in [-0.2, 0) is 20.7 Å². The summed E-state index contributed by atoms with van der Waals surface area (Å²) in [5, 5.41) is 0. The monoisotopic (exact) mass is 475 g/mol. The second-order valence-electron chi connectivity index (χ2n) is 8.13. The van der Waals surface area contributed by atoms with Gasteiger partial charge in [-0.15, -0.1) is 6.58 Å². The van der Waals surface area contributed by atoms with E-state index < -0.39 is 5.97 Å². The van der Waals surface area contributed by atoms with Crippen molar-refractivity contribution in [1.82, 2.24) is 4.98 Å². The lowest BCUT2D eigenvalue weighted by Crippen LogP contribution is -2.11. The molecule has 3 rings (SSSR count). The molecule has 0 amide bonds. The summed E-state index contributed by atoms with van der Waals surface area (Å²) in [6.45, 7) is 12.4. The van der Waals surface area contributed by atoms with Crippen LogP contribution in [0.15, 0.2) is 65.3 Å². The second-order valence-corrected chi connectivity index (χ2v) is 8.13. The molecule has 0 saturated heterocycles. The molecule has 0 unspecified atom stereocenters. The fourth-order valence-electron chi connectivity index (χ4n) is 3.67. The molecular formula is C29H33NO5. The van der Waals surface area contributed by atoms with Crippen LogP contribution in [0.2, 0.25) is 0 Å². The number of esters is 1. The van der Waals surface area contributed by atoms with Gasteiger partial charge in [0.15, 0.2) is 0 Å². The van der Waals surface area contributed by atoms with E-state index in [-0.39, 0.29) is 12.4 Å². The van der Waals surface area contributed by atoms with Crippen LogP contribution in [0.1, 0.15) is 41.5 Å². The van der Waals surface area contributed by atoms with Gasteiger partial charge in [-0.25, -0.2) is 9.78 Å². The molecule has 6 nitrogen and oxygen atoms in total. The first-order valence-corrected chi connectivity index (χ1v) is 11.8. The third-order valence-electron chi connectivity index (χ3n) is 5.34. The standard InChI is InChI=1S/C29H33NO5/c1-6-8-15-33-26(29(31)32-7-2)19-23-17-20(3)27(21(4)18-23)34-16-14-25-22(5)35-28(30-25)24-12-10-9-11-13-24/h6,9-13,17-19H,1,7-8,14-16H2,2-5H3. The Morgan fingerprint density at radius 1 is 1.06 bits per heavy atom. The first-order valence-electron chi connectivity index (χ1n) is 11.8. The van der Waals surface area contributed by atoms with Gasteiger partial charge in [-0.1, -0.05) is 24.3 Å². The third kappa shape index (κ3) is 7.09. The lowest BCUT2D eigenvalue weighted by atomic mass is 10.0. The largest absolute Gasteiger partial charge is 0.493 e. The van der Waals surface area contributed by atoms with Crippen LogP contribution in [0.5, 0.6) is 5.75 Å². The Morgan fingerprint density at radius 3 is 2.43 bits per heavy atom. The molecule has 0 aliphatic rings. The van der Waals surface area contributed by atoms with Crippen molar-refractivity contribution >= 4 is 12.0 Å². The van der Waals surface area contributed by atoms with Gasteiger partial charge in [0.1, 0.15) is 11.5 Å². The van der Waals surface area contributed by atoms with E-state index in [0.717, 1.165) is 39.5 Å². The molecule has 0 spiro atoms. The van der Waals surface area contributed by atoms with Gasteiger partial charge >= 0.3 is 5.97 Å². The molecule has 0 saturated carbocycles. The van der Waals surface area contributed by atoms with Gasteiger partial charge in [-0.2, -0.15) is 0 Å². The Kier molecular flexibility index (Phi) is 9.30. The topological polar surface area (TPSA) is 70.8 Å². The zero-order chi connectivity index (χ0) is 25.2. The van der Waals surface area contributed by atoms with Crippen molar-refractivity contribution in [2.24, 2.45) is 0 Å². The van der Waals surface area contributed by atoms with Gasteiger partial charge in [0, 0.05) is 12.0 Å². The van der Waals surface area contributed by atoms with E-state index in [0.29, 0.717) is 31.9 Å². The van der Waals surface area contributed by atoms with Crippen molar-refractivity contribution < 1.29 is 23.4 Å². The van der Waals surface area contributed by atoms with Crippen molar-refractivity contribution in [2.75, 3.05) is 19.8 Å². The fraction of sp³-hybridized carbons (Fsp3) is 0.310. The minimum absolute atomic E-state index is 0.178. The number of carbonyl (C=O) groups excluding carboxylic acids is 1. The summed E-state index contributed by atoms with van der Waals surface area (Å²) >= 11 is 0. The highest BCUT2D eigenvalue weighted by molar-refractivity contribution is 5.91. The number of oxazole rings is 1. The lowest BCUT2D eigenvalue weighted by Gasteiger charge is -2.14. The molecule has 0 N–H and O–H groups in total. The number of aryl methyl sites for hydroxylation is 3. The fourth-order valence-corrected chi connectivity index (χ4v) is 3.67. The zero-order valence-electron chi connectivity index (χ0n) is 20.9. The number of aromatic nitrogens is 1. The van der Waals surface area contributed by atoms with Gasteiger partial charge in [0.2, 0.25) is 11.6 Å². The summed E-state index contributed by atoms with van der Waals surface area (Å²) in [6, 6.07) is 13.8. The van der Waals surface area contributed by atoms with Crippen LogP contribution >= 0.6 is 0 Å². The number of nitrogens with zero attached hydrogens (tertiary/aromatic N) is 1. The van der Waals surface area contributed by atoms with Crippen LogP contribution < -0.4 is 4.74 Å². The summed E-state index contributed by atoms with van der Waals surface area (Å²) in [5.74, 6) is 1.93. The van der Waals surface area contributed by atoms with Gasteiger partial charge in [-0.05, 0) is 81.1 Å². The van der Waals surface area contributed by atoms with E-state index in [2.05, 4.69) is 11.6 Å². The van der Waals surface area contributed by atoms with Gasteiger partial charge in [0.25, 0.3) is 0 Å². The van der Waals surface area contributed by atoms with Crippen LogP contribution in [0.4, 0.5) is 0 Å². The first kappa shape index (κ1) is 25.8. The molecule has 0 aliphatic carbocycles. The number of hydrogen-bond donors (Lipinski definition) is 0. The third-order valence-corrected chi connectivity index (χ3v) is 5.34. The number of rotatable bonds is 12. The van der Waals surface area contributed by atoms with Crippen molar-refractivity contribution in [2.45, 2.75) is 40.5 Å². The highest BCUT2D eigenvalue weighted by atomic mass is 16.6. The molecule has 0 fully saturated rings. The first-order chi connectivity index (χ1) is 16.9. The van der Waals surface area contributed by atoms with Crippen molar-refractivity contribution in [3.05, 3.63) is 89.0 Å². The molecule has 1 aromatic heterocycles. The SMILES string of the molecule is C=CCCOC(=Cc1cc(C)c(OCCc2nc(-c3ccccc3)oc2C)c(C)c1)C(=O)OCC. The number of benzene rings is 2. The predicted molar refractivity (Wildman–Crippen MR) is 137 cm³/mol. The van der Waals surface area contributed by atoms with E-state index in [1.54, 1.807) is 19.1 Å². The average molecular weight is 476 g/mol. The van der Waals surface area contributed by atoms with E-state index in [9.17, 15) is 4.79 Å². The maximum atomic E-state index is 12.3. The Hall–Kier alpha value is -3.80. The van der Waals surface area contributed by atoms with E-state index in [1.807, 2.05) is 63.2 Å². The zero-order valence-corrected chi connectivity index (χ0v) is 20.9. The molecular weight excluding hydrogens is 442 g/mol. The Balaban J connectivity index is 1.69. The summed E-state index contributed by atoms with van der Waals surface area (Å²) in [7, 11) is 0. The van der Waals surface area contributed by atoms with Crippen LogP contribution in [0, 0.1) is 20.8 Å². The highest BCUT2D eigenvalue weighted by Crippen LogP contribution is 2.27. The Labute approximate surface area is 207 Å². The van der Waals surface area contributed by atoms with Gasteiger partial charge in [0.05, 0.1) is 25.5 Å². The second kappa shape index (κ2) is 12.6. The van der Waals surface area contributed by atoms with Crippen LogP contribution in [0.25, 0.3) is 17.5 Å². The molecule has 0 radical (unpaired) electrons. The molecule has 0 bridgehead atoms. The van der Waals surface area contributed by atoms with E-state index in [4.69, 9.17) is 18.6 Å². The highest BCUT2D eigenvalue weighted by Gasteiger charge is 2.15. The molecule has 0 aliphatic heterocycles. The molecule has 1 heterocycles. The Bertz CT molecular complexity index is 1150. The van der Waals surface area contributed by atoms with Crippen molar-refractivity contribution in [1.29, 1.82) is 0 Å². The summed E-state index contributed by atoms with van der Waals surface area (Å²) < 4.78 is 22.7. The maximum absolute atomic E-state index is 12.3. The molecule has 3 aromatic rings. The molecule has 6 heteroatoms. The average Bonchev–Trinajstić information content (AvgIpc) is 3.21. The summed E-state index contributed by atoms with van der Waals surface area (Å²) in [6.07, 6.45) is 4.72. The smallest absolute Gasteiger partial charge is 0.373 e. The summed E-state index contributed by atoms with van der Waals surface area (Å²) in [5.41, 5.74) is 4.61. The van der Waals surface area contributed by atoms with Gasteiger partial charge in [-0.3, -0.25) is 0 Å². The van der Waals surface area contributed by atoms with E-state index in [1.165, 1.54) is 0 Å². The number of hydrogen-bond acceptors (Lipinski definition) is 6. The molecule has 35 heavy (non-hydrogen) atoms. The minimum atomic E-state index is -0.481. The Morgan fingerprint density at radius 2 is 1.77 bits per heavy atom. The van der Waals surface area contributed by atoms with Crippen LogP contribution in [-0.4, -0.2) is 30.8 Å². The normalized spacial score (nSPS) is 11.3. The minimum Gasteiger partial charge on any atom is -0.493 e. The molecule has 0 atom stereocenters. The van der Waals surface area contributed by atoms with Gasteiger partial charge < -0.3 is 18.6 Å². The number of carbonyl (C=O) groups is 1. The molecule has 2 aromatic carbocycles. The molecule has 184 valence electrons. The number of ether oxygens (including phenoxy) is 3. The summed E-state index contributed by atoms with van der Waals surface area (Å²) in [4.78, 5) is 16.9. The van der Waals surface area contributed by atoms with E-state index >= 15 is 0 Å². The quantitative estimate of drug-likeness (QED) is 0.0994. The maximum Gasteiger partial charge on any atom is 0.373 e.